The van der Waals surface area contributed by atoms with Crippen LogP contribution in [0.4, 0.5) is 4.39 Å². The highest BCUT2D eigenvalue weighted by molar-refractivity contribution is 5.86. The molecular weight excluding hydrogens is 455 g/mol. The quantitative estimate of drug-likeness (QED) is 0.351. The Labute approximate surface area is 197 Å². The van der Waals surface area contributed by atoms with E-state index in [0.29, 0.717) is 5.76 Å². The van der Waals surface area contributed by atoms with Crippen LogP contribution in [0.15, 0.2) is 87.1 Å². The fourth-order valence-corrected chi connectivity index (χ4v) is 3.89. The van der Waals surface area contributed by atoms with Gasteiger partial charge >= 0.3 is 11.7 Å². The van der Waals surface area contributed by atoms with Gasteiger partial charge in [-0.1, -0.05) is 36.4 Å². The molecule has 0 aliphatic heterocycles. The van der Waals surface area contributed by atoms with Gasteiger partial charge in [0.25, 0.3) is 5.56 Å². The van der Waals surface area contributed by atoms with Gasteiger partial charge in [0, 0.05) is 0 Å². The number of rotatable bonds is 6. The first-order chi connectivity index (χ1) is 17.0. The number of imidazole rings is 1. The number of esters is 1. The van der Waals surface area contributed by atoms with Crippen molar-refractivity contribution in [3.63, 3.8) is 0 Å². The summed E-state index contributed by atoms with van der Waals surface area (Å²) in [6.07, 6.45) is 1.40. The zero-order valence-electron chi connectivity index (χ0n) is 18.6. The van der Waals surface area contributed by atoms with Gasteiger partial charge in [-0.15, -0.1) is 0 Å². The number of benzene rings is 2. The molecule has 5 rings (SSSR count). The molecule has 9 nitrogen and oxygen atoms in total. The van der Waals surface area contributed by atoms with E-state index in [9.17, 15) is 18.8 Å². The van der Waals surface area contributed by atoms with Crippen LogP contribution in [0.5, 0.6) is 0 Å². The molecule has 35 heavy (non-hydrogen) atoms. The number of hydrogen-bond acceptors (Lipinski definition) is 6. The molecule has 0 fully saturated rings. The van der Waals surface area contributed by atoms with E-state index in [1.54, 1.807) is 24.3 Å². The van der Waals surface area contributed by atoms with Crippen molar-refractivity contribution in [2.24, 2.45) is 0 Å². The summed E-state index contributed by atoms with van der Waals surface area (Å²) >= 11 is 0. The summed E-state index contributed by atoms with van der Waals surface area (Å²) < 4.78 is 28.0. The lowest BCUT2D eigenvalue weighted by Gasteiger charge is -2.13. The molecule has 3 aromatic heterocycles. The summed E-state index contributed by atoms with van der Waals surface area (Å²) in [5.41, 5.74) is -0.0166. The molecule has 3 heterocycles. The fourth-order valence-electron chi connectivity index (χ4n) is 3.89. The van der Waals surface area contributed by atoms with Crippen LogP contribution in [0.3, 0.4) is 0 Å². The molecule has 5 aromatic rings. The molecule has 0 aliphatic carbocycles. The monoisotopic (exact) mass is 474 g/mol. The number of methoxy groups -OCH3 is 1. The standard InChI is InChI=1S/C25H19FN4O5/c1-34-24(32)20-11-10-19(35-20)14-28-15-27-22-21(28)23(31)29(13-16-6-3-2-4-7-16)25(33)30(22)18-9-5-8-17(26)12-18/h2-12,15H,13-14H2,1H3. The van der Waals surface area contributed by atoms with Gasteiger partial charge < -0.3 is 13.7 Å². The number of furan rings is 1. The van der Waals surface area contributed by atoms with Crippen LogP contribution in [0.25, 0.3) is 16.9 Å². The highest BCUT2D eigenvalue weighted by atomic mass is 19.1. The molecule has 0 unspecified atom stereocenters. The normalized spacial score (nSPS) is 11.1. The second-order valence-corrected chi connectivity index (χ2v) is 7.78. The van der Waals surface area contributed by atoms with Gasteiger partial charge in [0.05, 0.1) is 32.2 Å². The van der Waals surface area contributed by atoms with Crippen molar-refractivity contribution in [2.45, 2.75) is 13.1 Å². The lowest BCUT2D eigenvalue weighted by atomic mass is 10.2. The maximum Gasteiger partial charge on any atom is 0.373 e. The second kappa shape index (κ2) is 8.90. The molecule has 0 amide bonds. The number of carbonyl (C=O) groups excluding carboxylic acids is 1. The molecule has 0 aliphatic rings. The summed E-state index contributed by atoms with van der Waals surface area (Å²) in [6.45, 7) is 0.0810. The third kappa shape index (κ3) is 4.05. The molecule has 0 saturated carbocycles. The van der Waals surface area contributed by atoms with E-state index in [2.05, 4.69) is 9.72 Å². The lowest BCUT2D eigenvalue weighted by molar-refractivity contribution is 0.0563. The smallest absolute Gasteiger partial charge is 0.373 e. The molecule has 0 atom stereocenters. The molecule has 10 heteroatoms. The number of hydrogen-bond donors (Lipinski definition) is 0. The number of ether oxygens (including phenoxy) is 1. The third-order valence-electron chi connectivity index (χ3n) is 5.52. The van der Waals surface area contributed by atoms with Crippen molar-refractivity contribution < 1.29 is 18.3 Å². The van der Waals surface area contributed by atoms with Crippen LogP contribution in [-0.4, -0.2) is 31.8 Å². The summed E-state index contributed by atoms with van der Waals surface area (Å²) in [5.74, 6) is -0.766. The largest absolute Gasteiger partial charge is 0.463 e. The molecule has 0 spiro atoms. The van der Waals surface area contributed by atoms with Crippen LogP contribution in [0.2, 0.25) is 0 Å². The molecule has 0 radical (unpaired) electrons. The van der Waals surface area contributed by atoms with Crippen molar-refractivity contribution in [3.05, 3.63) is 117 Å². The summed E-state index contributed by atoms with van der Waals surface area (Å²) in [6, 6.07) is 17.6. The van der Waals surface area contributed by atoms with Crippen molar-refractivity contribution >= 4 is 17.1 Å². The topological polar surface area (TPSA) is 101 Å². The minimum Gasteiger partial charge on any atom is -0.463 e. The van der Waals surface area contributed by atoms with Gasteiger partial charge in [0.1, 0.15) is 11.6 Å². The average Bonchev–Trinajstić information content (AvgIpc) is 3.50. The van der Waals surface area contributed by atoms with E-state index in [-0.39, 0.29) is 35.7 Å². The summed E-state index contributed by atoms with van der Waals surface area (Å²) in [5, 5.41) is 0. The first-order valence-electron chi connectivity index (χ1n) is 10.6. The van der Waals surface area contributed by atoms with E-state index in [1.165, 1.54) is 46.8 Å². The van der Waals surface area contributed by atoms with Crippen molar-refractivity contribution in [1.29, 1.82) is 0 Å². The van der Waals surface area contributed by atoms with Crippen molar-refractivity contribution in [1.82, 2.24) is 18.7 Å². The van der Waals surface area contributed by atoms with Gasteiger partial charge in [0.2, 0.25) is 5.76 Å². The maximum atomic E-state index is 14.0. The van der Waals surface area contributed by atoms with E-state index in [1.807, 2.05) is 18.2 Å². The predicted octanol–water partition coefficient (Wildman–Crippen LogP) is 2.96. The Morgan fingerprint density at radius 2 is 1.83 bits per heavy atom. The molecular formula is C25H19FN4O5. The minimum absolute atomic E-state index is 0.0161. The highest BCUT2D eigenvalue weighted by Crippen LogP contribution is 2.17. The first-order valence-corrected chi connectivity index (χ1v) is 10.6. The number of fused-ring (bicyclic) bond motifs is 1. The van der Waals surface area contributed by atoms with Gasteiger partial charge in [-0.2, -0.15) is 0 Å². The number of carbonyl (C=O) groups is 1. The van der Waals surface area contributed by atoms with E-state index >= 15 is 0 Å². The van der Waals surface area contributed by atoms with Crippen molar-refractivity contribution in [2.75, 3.05) is 7.11 Å². The van der Waals surface area contributed by atoms with E-state index in [4.69, 9.17) is 4.42 Å². The summed E-state index contributed by atoms with van der Waals surface area (Å²) in [4.78, 5) is 43.1. The summed E-state index contributed by atoms with van der Waals surface area (Å²) in [7, 11) is 1.24. The Morgan fingerprint density at radius 3 is 2.57 bits per heavy atom. The SMILES string of the molecule is COC(=O)c1ccc(Cn2cnc3c2c(=O)n(Cc2ccccc2)c(=O)n3-c2cccc(F)c2)o1. The second-order valence-electron chi connectivity index (χ2n) is 7.78. The molecule has 176 valence electrons. The van der Waals surface area contributed by atoms with Crippen LogP contribution in [0, 0.1) is 5.82 Å². The molecule has 2 aromatic carbocycles. The van der Waals surface area contributed by atoms with Gasteiger partial charge in [-0.05, 0) is 35.9 Å². The van der Waals surface area contributed by atoms with Gasteiger partial charge in [0.15, 0.2) is 11.2 Å². The van der Waals surface area contributed by atoms with Crippen molar-refractivity contribution in [3.8, 4) is 5.69 Å². The fraction of sp³-hybridized carbons (Fsp3) is 0.120. The van der Waals surface area contributed by atoms with Crippen LogP contribution in [0.1, 0.15) is 21.9 Å². The highest BCUT2D eigenvalue weighted by Gasteiger charge is 2.21. The van der Waals surface area contributed by atoms with E-state index in [0.717, 1.165) is 10.1 Å². The van der Waals surface area contributed by atoms with Gasteiger partial charge in [-0.25, -0.2) is 23.5 Å². The predicted molar refractivity (Wildman–Crippen MR) is 124 cm³/mol. The molecule has 0 N–H and O–H groups in total. The Morgan fingerprint density at radius 1 is 1.03 bits per heavy atom. The third-order valence-corrected chi connectivity index (χ3v) is 5.52. The first kappa shape index (κ1) is 22.1. The number of halogens is 1. The number of nitrogens with zero attached hydrogens (tertiary/aromatic N) is 4. The average molecular weight is 474 g/mol. The minimum atomic E-state index is -0.645. The zero-order valence-corrected chi connectivity index (χ0v) is 18.6. The number of aromatic nitrogens is 4. The van der Waals surface area contributed by atoms with Crippen LogP contribution >= 0.6 is 0 Å². The van der Waals surface area contributed by atoms with E-state index < -0.39 is 23.0 Å². The Bertz CT molecular complexity index is 1660. The lowest BCUT2D eigenvalue weighted by Crippen LogP contribution is -2.40. The molecule has 0 saturated heterocycles. The Kier molecular flexibility index (Phi) is 5.61. The van der Waals surface area contributed by atoms with Crippen LogP contribution < -0.4 is 11.2 Å². The van der Waals surface area contributed by atoms with Gasteiger partial charge in [-0.3, -0.25) is 9.36 Å². The Balaban J connectivity index is 1.71. The zero-order chi connectivity index (χ0) is 24.5. The maximum absolute atomic E-state index is 14.0. The van der Waals surface area contributed by atoms with Crippen LogP contribution in [-0.2, 0) is 17.8 Å². The Hall–Kier alpha value is -4.73. The molecule has 0 bridgehead atoms.